The van der Waals surface area contributed by atoms with Crippen LogP contribution in [0.3, 0.4) is 0 Å². The van der Waals surface area contributed by atoms with Crippen molar-refractivity contribution in [2.75, 3.05) is 19.6 Å². The first kappa shape index (κ1) is 18.9. The number of likely N-dealkylation sites (tertiary alicyclic amines) is 2. The minimum Gasteiger partial charge on any atom is -0.337 e. The van der Waals surface area contributed by atoms with Crippen LogP contribution in [-0.2, 0) is 6.54 Å². The molecule has 1 aromatic carbocycles. The number of piperidine rings is 1. The first-order valence-corrected chi connectivity index (χ1v) is 11.3. The number of hydrogen-bond donors (Lipinski definition) is 0. The fourth-order valence-corrected chi connectivity index (χ4v) is 6.03. The average Bonchev–Trinajstić information content (AvgIpc) is 3.43. The van der Waals surface area contributed by atoms with Crippen LogP contribution in [0.1, 0.15) is 67.5 Å². The predicted octanol–water partition coefficient (Wildman–Crippen LogP) is 4.12. The Morgan fingerprint density at radius 1 is 1.10 bits per heavy atom. The average molecular weight is 393 g/mol. The van der Waals surface area contributed by atoms with Crippen molar-refractivity contribution in [3.05, 3.63) is 53.9 Å². The predicted molar refractivity (Wildman–Crippen MR) is 114 cm³/mol. The molecular weight excluding hydrogens is 360 g/mol. The van der Waals surface area contributed by atoms with E-state index in [9.17, 15) is 4.79 Å². The summed E-state index contributed by atoms with van der Waals surface area (Å²) in [6.45, 7) is 5.76. The van der Waals surface area contributed by atoms with Crippen molar-refractivity contribution >= 4 is 5.91 Å². The van der Waals surface area contributed by atoms with Gasteiger partial charge in [0.05, 0.1) is 0 Å². The summed E-state index contributed by atoms with van der Waals surface area (Å²) in [4.78, 5) is 17.6. The molecule has 0 radical (unpaired) electrons. The third kappa shape index (κ3) is 3.29. The fourth-order valence-electron chi connectivity index (χ4n) is 6.03. The lowest BCUT2D eigenvalue weighted by molar-refractivity contribution is -0.111. The molecular formula is C24H32N4O. The van der Waals surface area contributed by atoms with E-state index in [0.717, 1.165) is 32.5 Å². The van der Waals surface area contributed by atoms with Gasteiger partial charge in [0.15, 0.2) is 0 Å². The molecule has 29 heavy (non-hydrogen) atoms. The van der Waals surface area contributed by atoms with Gasteiger partial charge < -0.3 is 4.90 Å². The van der Waals surface area contributed by atoms with E-state index < -0.39 is 0 Å². The van der Waals surface area contributed by atoms with E-state index in [0.29, 0.717) is 23.2 Å². The molecule has 0 bridgehead atoms. The van der Waals surface area contributed by atoms with Crippen molar-refractivity contribution in [3.8, 4) is 0 Å². The highest BCUT2D eigenvalue weighted by atomic mass is 16.2. The maximum Gasteiger partial charge on any atom is 0.274 e. The van der Waals surface area contributed by atoms with Crippen LogP contribution in [0.25, 0.3) is 0 Å². The summed E-state index contributed by atoms with van der Waals surface area (Å²) < 4.78 is 1.82. The Hall–Kier alpha value is -2.14. The van der Waals surface area contributed by atoms with Gasteiger partial charge in [-0.05, 0) is 44.2 Å². The van der Waals surface area contributed by atoms with E-state index in [4.69, 9.17) is 0 Å². The largest absolute Gasteiger partial charge is 0.337 e. The molecule has 3 aliphatic rings. The van der Waals surface area contributed by atoms with Crippen molar-refractivity contribution in [1.29, 1.82) is 0 Å². The lowest BCUT2D eigenvalue weighted by Crippen LogP contribution is -2.62. The molecule has 154 valence electrons. The number of hydrogen-bond acceptors (Lipinski definition) is 3. The molecule has 1 amide bonds. The molecule has 5 heteroatoms. The molecule has 0 N–H and O–H groups in total. The van der Waals surface area contributed by atoms with Crippen LogP contribution in [0, 0.1) is 5.41 Å². The Morgan fingerprint density at radius 2 is 1.83 bits per heavy atom. The zero-order valence-electron chi connectivity index (χ0n) is 17.5. The second-order valence-electron chi connectivity index (χ2n) is 9.14. The first-order chi connectivity index (χ1) is 14.2. The monoisotopic (exact) mass is 392 g/mol. The standard InChI is InChI=1S/C24H32N4O/c1-2-27-17-12-21(25-27)23(29)26-15-10-20(11-16-26)28-18-24(13-6-7-14-24)22(28)19-8-4-3-5-9-19/h3-5,8-9,12,17,20,22H,2,6-7,10-11,13-16,18H2,1H3. The van der Waals surface area contributed by atoms with Crippen molar-refractivity contribution in [3.63, 3.8) is 0 Å². The van der Waals surface area contributed by atoms with Gasteiger partial charge in [-0.2, -0.15) is 5.10 Å². The zero-order valence-corrected chi connectivity index (χ0v) is 17.5. The van der Waals surface area contributed by atoms with Gasteiger partial charge in [0.2, 0.25) is 0 Å². The third-order valence-electron chi connectivity index (χ3n) is 7.53. The maximum absolute atomic E-state index is 12.8. The Labute approximate surface area is 173 Å². The van der Waals surface area contributed by atoms with Crippen LogP contribution in [0.5, 0.6) is 0 Å². The Bertz CT molecular complexity index is 847. The summed E-state index contributed by atoms with van der Waals surface area (Å²) in [5.41, 5.74) is 2.58. The lowest BCUT2D eigenvalue weighted by atomic mass is 9.66. The molecule has 1 spiro atoms. The van der Waals surface area contributed by atoms with Crippen LogP contribution < -0.4 is 0 Å². The number of aromatic nitrogens is 2. The summed E-state index contributed by atoms with van der Waals surface area (Å²) in [5, 5.41) is 4.40. The van der Waals surface area contributed by atoms with Crippen molar-refractivity contribution in [2.24, 2.45) is 5.41 Å². The van der Waals surface area contributed by atoms with Crippen molar-refractivity contribution in [2.45, 2.75) is 64.1 Å². The van der Waals surface area contributed by atoms with Gasteiger partial charge in [-0.1, -0.05) is 43.2 Å². The number of amides is 1. The second kappa shape index (κ2) is 7.60. The van der Waals surface area contributed by atoms with Gasteiger partial charge in [0.1, 0.15) is 5.69 Å². The Kier molecular flexibility index (Phi) is 4.94. The normalized spacial score (nSPS) is 24.7. The molecule has 5 rings (SSSR count). The number of aryl methyl sites for hydroxylation is 1. The topological polar surface area (TPSA) is 41.4 Å². The molecule has 1 aliphatic carbocycles. The molecule has 5 nitrogen and oxygen atoms in total. The van der Waals surface area contributed by atoms with E-state index in [1.165, 1.54) is 37.8 Å². The second-order valence-corrected chi connectivity index (χ2v) is 9.14. The summed E-state index contributed by atoms with van der Waals surface area (Å²) in [6.07, 6.45) is 9.55. The summed E-state index contributed by atoms with van der Waals surface area (Å²) in [6, 6.07) is 14.1. The highest BCUT2D eigenvalue weighted by Gasteiger charge is 2.55. The van der Waals surface area contributed by atoms with Gasteiger partial charge in [0.25, 0.3) is 5.91 Å². The van der Waals surface area contributed by atoms with Gasteiger partial charge in [-0.15, -0.1) is 0 Å². The quantitative estimate of drug-likeness (QED) is 0.786. The minimum atomic E-state index is 0.0890. The minimum absolute atomic E-state index is 0.0890. The van der Waals surface area contributed by atoms with Crippen LogP contribution in [0.2, 0.25) is 0 Å². The number of nitrogens with zero attached hydrogens (tertiary/aromatic N) is 4. The van der Waals surface area contributed by atoms with Gasteiger partial charge in [-0.25, -0.2) is 0 Å². The van der Waals surface area contributed by atoms with Crippen LogP contribution in [0.4, 0.5) is 0 Å². The molecule has 1 unspecified atom stereocenters. The first-order valence-electron chi connectivity index (χ1n) is 11.3. The van der Waals surface area contributed by atoms with Crippen LogP contribution >= 0.6 is 0 Å². The van der Waals surface area contributed by atoms with Crippen LogP contribution in [0.15, 0.2) is 42.6 Å². The van der Waals surface area contributed by atoms with E-state index in [2.05, 4.69) is 40.3 Å². The fraction of sp³-hybridized carbons (Fsp3) is 0.583. The number of carbonyl (C=O) groups is 1. The van der Waals surface area contributed by atoms with E-state index in [1.54, 1.807) is 0 Å². The smallest absolute Gasteiger partial charge is 0.274 e. The van der Waals surface area contributed by atoms with E-state index in [-0.39, 0.29) is 5.91 Å². The number of rotatable bonds is 4. The van der Waals surface area contributed by atoms with E-state index >= 15 is 0 Å². The lowest BCUT2D eigenvalue weighted by Gasteiger charge is -2.60. The van der Waals surface area contributed by atoms with Gasteiger partial charge >= 0.3 is 0 Å². The molecule has 2 aromatic rings. The molecule has 3 fully saturated rings. The number of benzene rings is 1. The zero-order chi connectivity index (χ0) is 19.8. The summed E-state index contributed by atoms with van der Waals surface area (Å²) in [5.74, 6) is 0.0890. The third-order valence-corrected chi connectivity index (χ3v) is 7.53. The molecule has 1 aromatic heterocycles. The van der Waals surface area contributed by atoms with Crippen LogP contribution in [-0.4, -0.2) is 51.2 Å². The molecule has 2 saturated heterocycles. The van der Waals surface area contributed by atoms with Gasteiger partial charge in [0, 0.05) is 49.9 Å². The van der Waals surface area contributed by atoms with Gasteiger partial charge in [-0.3, -0.25) is 14.4 Å². The van der Waals surface area contributed by atoms with Crippen molar-refractivity contribution in [1.82, 2.24) is 19.6 Å². The molecule has 1 atom stereocenters. The summed E-state index contributed by atoms with van der Waals surface area (Å²) >= 11 is 0. The highest BCUT2D eigenvalue weighted by Crippen LogP contribution is 2.59. The summed E-state index contributed by atoms with van der Waals surface area (Å²) in [7, 11) is 0. The molecule has 3 heterocycles. The maximum atomic E-state index is 12.8. The van der Waals surface area contributed by atoms with E-state index in [1.807, 2.05) is 28.8 Å². The Balaban J connectivity index is 1.26. The Morgan fingerprint density at radius 3 is 2.48 bits per heavy atom. The number of carbonyl (C=O) groups excluding carboxylic acids is 1. The highest BCUT2D eigenvalue weighted by molar-refractivity contribution is 5.92. The SMILES string of the molecule is CCn1ccc(C(=O)N2CCC(N3CC4(CCCC4)C3c3ccccc3)CC2)n1. The molecule has 2 aliphatic heterocycles. The molecule has 1 saturated carbocycles. The van der Waals surface area contributed by atoms with Crippen molar-refractivity contribution < 1.29 is 4.79 Å².